The fourth-order valence-corrected chi connectivity index (χ4v) is 1.33. The van der Waals surface area contributed by atoms with Gasteiger partial charge in [-0.3, -0.25) is 0 Å². The zero-order valence-electron chi connectivity index (χ0n) is 10.0. The van der Waals surface area contributed by atoms with E-state index in [0.717, 1.165) is 11.1 Å². The summed E-state index contributed by atoms with van der Waals surface area (Å²) in [6.45, 7) is 5.48. The first-order chi connectivity index (χ1) is 8.11. The highest BCUT2D eigenvalue weighted by Crippen LogP contribution is 2.13. The summed E-state index contributed by atoms with van der Waals surface area (Å²) in [5, 5.41) is 18.6. The predicted octanol–water partition coefficient (Wildman–Crippen LogP) is 3.29. The number of rotatable bonds is 5. The molecule has 2 nitrogen and oxygen atoms in total. The molecule has 0 aliphatic heterocycles. The zero-order chi connectivity index (χ0) is 12.7. The van der Waals surface area contributed by atoms with E-state index in [1.54, 1.807) is 18.2 Å². The van der Waals surface area contributed by atoms with E-state index in [9.17, 15) is 10.2 Å². The number of phenolic OH excluding ortho intramolecular Hbond substituents is 1. The van der Waals surface area contributed by atoms with Gasteiger partial charge in [-0.15, -0.1) is 6.58 Å². The quantitative estimate of drug-likeness (QED) is 0.602. The SMILES string of the molecule is C=CC(O)C/C=C(C)/C=C/c1cccc(O)c1. The van der Waals surface area contributed by atoms with Gasteiger partial charge in [-0.2, -0.15) is 0 Å². The van der Waals surface area contributed by atoms with Crippen LogP contribution in [0.3, 0.4) is 0 Å². The van der Waals surface area contributed by atoms with Crippen molar-refractivity contribution in [2.45, 2.75) is 19.4 Å². The molecule has 0 fully saturated rings. The van der Waals surface area contributed by atoms with Crippen molar-refractivity contribution in [3.8, 4) is 5.75 Å². The van der Waals surface area contributed by atoms with Gasteiger partial charge in [0, 0.05) is 0 Å². The molecule has 0 amide bonds. The van der Waals surface area contributed by atoms with Gasteiger partial charge in [0.1, 0.15) is 5.75 Å². The van der Waals surface area contributed by atoms with Crippen molar-refractivity contribution in [2.75, 3.05) is 0 Å². The lowest BCUT2D eigenvalue weighted by Gasteiger charge is -2.00. The smallest absolute Gasteiger partial charge is 0.116 e. The predicted molar refractivity (Wildman–Crippen MR) is 71.7 cm³/mol. The molecule has 17 heavy (non-hydrogen) atoms. The summed E-state index contributed by atoms with van der Waals surface area (Å²) >= 11 is 0. The molecule has 1 aromatic carbocycles. The van der Waals surface area contributed by atoms with Crippen LogP contribution in [0.1, 0.15) is 18.9 Å². The van der Waals surface area contributed by atoms with Gasteiger partial charge in [-0.1, -0.05) is 42.0 Å². The Balaban J connectivity index is 2.61. The van der Waals surface area contributed by atoms with Crippen molar-refractivity contribution in [1.29, 1.82) is 0 Å². The highest BCUT2D eigenvalue weighted by atomic mass is 16.3. The number of hydrogen-bond acceptors (Lipinski definition) is 2. The van der Waals surface area contributed by atoms with Crippen LogP contribution < -0.4 is 0 Å². The van der Waals surface area contributed by atoms with E-state index < -0.39 is 6.10 Å². The van der Waals surface area contributed by atoms with E-state index in [-0.39, 0.29) is 5.75 Å². The van der Waals surface area contributed by atoms with E-state index in [0.29, 0.717) is 6.42 Å². The van der Waals surface area contributed by atoms with Crippen LogP contribution in [0.5, 0.6) is 5.75 Å². The number of benzene rings is 1. The maximum Gasteiger partial charge on any atom is 0.116 e. The summed E-state index contributed by atoms with van der Waals surface area (Å²) in [5.41, 5.74) is 2.01. The summed E-state index contributed by atoms with van der Waals surface area (Å²) in [4.78, 5) is 0. The fraction of sp³-hybridized carbons (Fsp3) is 0.200. The monoisotopic (exact) mass is 230 g/mol. The third-order valence-electron chi connectivity index (χ3n) is 2.36. The molecule has 2 heteroatoms. The molecule has 0 heterocycles. The largest absolute Gasteiger partial charge is 0.508 e. The minimum atomic E-state index is -0.487. The summed E-state index contributed by atoms with van der Waals surface area (Å²) < 4.78 is 0. The zero-order valence-corrected chi connectivity index (χ0v) is 10.0. The molecule has 0 aromatic heterocycles. The van der Waals surface area contributed by atoms with E-state index in [1.165, 1.54) is 6.08 Å². The molecule has 0 saturated heterocycles. The van der Waals surface area contributed by atoms with Crippen molar-refractivity contribution < 1.29 is 10.2 Å². The Kier molecular flexibility index (Phi) is 5.24. The topological polar surface area (TPSA) is 40.5 Å². The van der Waals surface area contributed by atoms with Gasteiger partial charge in [-0.25, -0.2) is 0 Å². The molecule has 1 unspecified atom stereocenters. The van der Waals surface area contributed by atoms with E-state index in [2.05, 4.69) is 6.58 Å². The number of aliphatic hydroxyl groups is 1. The number of hydrogen-bond donors (Lipinski definition) is 2. The summed E-state index contributed by atoms with van der Waals surface area (Å²) in [6.07, 6.45) is 7.42. The molecule has 90 valence electrons. The van der Waals surface area contributed by atoms with Crippen molar-refractivity contribution in [1.82, 2.24) is 0 Å². The highest BCUT2D eigenvalue weighted by molar-refractivity contribution is 5.54. The highest BCUT2D eigenvalue weighted by Gasteiger charge is 1.94. The average molecular weight is 230 g/mol. The number of allylic oxidation sites excluding steroid dienone is 2. The second-order valence-corrected chi connectivity index (χ2v) is 3.92. The number of phenols is 1. The third kappa shape index (κ3) is 5.18. The molecular weight excluding hydrogens is 212 g/mol. The molecule has 0 saturated carbocycles. The Morgan fingerprint density at radius 2 is 2.24 bits per heavy atom. The van der Waals surface area contributed by atoms with Gasteiger partial charge in [0.05, 0.1) is 6.10 Å². The van der Waals surface area contributed by atoms with Crippen molar-refractivity contribution >= 4 is 6.08 Å². The molecule has 1 rings (SSSR count). The van der Waals surface area contributed by atoms with Gasteiger partial charge < -0.3 is 10.2 Å². The third-order valence-corrected chi connectivity index (χ3v) is 2.36. The summed E-state index contributed by atoms with van der Waals surface area (Å²) in [7, 11) is 0. The van der Waals surface area contributed by atoms with Gasteiger partial charge in [0.25, 0.3) is 0 Å². The Hall–Kier alpha value is -1.80. The van der Waals surface area contributed by atoms with Gasteiger partial charge >= 0.3 is 0 Å². The molecule has 1 aromatic rings. The van der Waals surface area contributed by atoms with Crippen LogP contribution in [0.25, 0.3) is 6.08 Å². The van der Waals surface area contributed by atoms with Crippen LogP contribution in [0, 0.1) is 0 Å². The lowest BCUT2D eigenvalue weighted by atomic mass is 10.1. The van der Waals surface area contributed by atoms with Gasteiger partial charge in [0.15, 0.2) is 0 Å². The van der Waals surface area contributed by atoms with Crippen LogP contribution in [0.2, 0.25) is 0 Å². The van der Waals surface area contributed by atoms with Crippen LogP contribution in [0.4, 0.5) is 0 Å². The number of aromatic hydroxyl groups is 1. The lowest BCUT2D eigenvalue weighted by molar-refractivity contribution is 0.227. The molecule has 0 bridgehead atoms. The first-order valence-corrected chi connectivity index (χ1v) is 5.56. The lowest BCUT2D eigenvalue weighted by Crippen LogP contribution is -1.98. The van der Waals surface area contributed by atoms with Crippen molar-refractivity contribution in [2.24, 2.45) is 0 Å². The Bertz CT molecular complexity index is 430. The maximum absolute atomic E-state index is 9.31. The molecule has 2 N–H and O–H groups in total. The van der Waals surface area contributed by atoms with Crippen LogP contribution in [-0.4, -0.2) is 16.3 Å². The van der Waals surface area contributed by atoms with Crippen LogP contribution in [0.15, 0.2) is 54.6 Å². The molecular formula is C15H18O2. The summed E-state index contributed by atoms with van der Waals surface area (Å²) in [5.74, 6) is 0.260. The molecule has 1 atom stereocenters. The molecule has 0 aliphatic rings. The number of aliphatic hydroxyl groups excluding tert-OH is 1. The molecule has 0 aliphatic carbocycles. The average Bonchev–Trinajstić information content (AvgIpc) is 2.33. The second-order valence-electron chi connectivity index (χ2n) is 3.92. The normalized spacial score (nSPS) is 13.9. The fourth-order valence-electron chi connectivity index (χ4n) is 1.33. The first kappa shape index (κ1) is 13.3. The first-order valence-electron chi connectivity index (χ1n) is 5.56. The Labute approximate surface area is 102 Å². The molecule has 0 radical (unpaired) electrons. The standard InChI is InChI=1S/C15H18O2/c1-3-14(16)10-8-12(2)7-9-13-5-4-6-15(17)11-13/h3-9,11,14,16-17H,1,10H2,2H3/b9-7+,12-8+. The second kappa shape index (κ2) is 6.71. The van der Waals surface area contributed by atoms with Crippen LogP contribution in [-0.2, 0) is 0 Å². The Morgan fingerprint density at radius 1 is 1.47 bits per heavy atom. The summed E-state index contributed by atoms with van der Waals surface area (Å²) in [6, 6.07) is 7.06. The van der Waals surface area contributed by atoms with E-state index >= 15 is 0 Å². The van der Waals surface area contributed by atoms with Gasteiger partial charge in [-0.05, 0) is 31.0 Å². The minimum absolute atomic E-state index is 0.260. The minimum Gasteiger partial charge on any atom is -0.508 e. The van der Waals surface area contributed by atoms with Crippen molar-refractivity contribution in [3.63, 3.8) is 0 Å². The van der Waals surface area contributed by atoms with Crippen LogP contribution >= 0.6 is 0 Å². The maximum atomic E-state index is 9.31. The van der Waals surface area contributed by atoms with Crippen molar-refractivity contribution in [3.05, 3.63) is 60.2 Å². The molecule has 0 spiro atoms. The Morgan fingerprint density at radius 3 is 2.88 bits per heavy atom. The van der Waals surface area contributed by atoms with E-state index in [1.807, 2.05) is 31.2 Å². The van der Waals surface area contributed by atoms with Gasteiger partial charge in [0.2, 0.25) is 0 Å². The van der Waals surface area contributed by atoms with E-state index in [4.69, 9.17) is 0 Å².